The summed E-state index contributed by atoms with van der Waals surface area (Å²) < 4.78 is 0. The zero-order chi connectivity index (χ0) is 18.5. The van der Waals surface area contributed by atoms with Crippen molar-refractivity contribution in [3.05, 3.63) is 65.0 Å². The molecule has 0 bridgehead atoms. The van der Waals surface area contributed by atoms with Crippen LogP contribution in [0.4, 0.5) is 10.8 Å². The Hall–Kier alpha value is -3.50. The first-order chi connectivity index (χ1) is 12.5. The molecule has 1 aromatic heterocycles. The van der Waals surface area contributed by atoms with Gasteiger partial charge in [-0.15, -0.1) is 11.3 Å². The average Bonchev–Trinajstić information content (AvgIpc) is 3.10. The number of amides is 2. The highest BCUT2D eigenvalue weighted by Gasteiger charge is 2.10. The molecule has 128 valence electrons. The number of hydrogen-bond acceptors (Lipinski definition) is 5. The topological polar surface area (TPSA) is 94.9 Å². The highest BCUT2D eigenvalue weighted by molar-refractivity contribution is 7.14. The van der Waals surface area contributed by atoms with Crippen LogP contribution in [0.15, 0.2) is 53.9 Å². The number of aromatic nitrogens is 1. The van der Waals surface area contributed by atoms with E-state index >= 15 is 0 Å². The van der Waals surface area contributed by atoms with Gasteiger partial charge < -0.3 is 5.32 Å². The molecule has 2 aromatic carbocycles. The first-order valence-electron chi connectivity index (χ1n) is 7.70. The van der Waals surface area contributed by atoms with Gasteiger partial charge in [0.25, 0.3) is 5.91 Å². The number of thiazole rings is 1. The molecule has 6 nitrogen and oxygen atoms in total. The summed E-state index contributed by atoms with van der Waals surface area (Å²) >= 11 is 1.32. The van der Waals surface area contributed by atoms with Crippen LogP contribution in [0.3, 0.4) is 0 Å². The minimum absolute atomic E-state index is 0.166. The van der Waals surface area contributed by atoms with Crippen LogP contribution in [0.25, 0.3) is 11.3 Å². The van der Waals surface area contributed by atoms with Crippen molar-refractivity contribution in [3.8, 4) is 17.3 Å². The fraction of sp³-hybridized carbons (Fsp3) is 0.0526. The maximum absolute atomic E-state index is 12.3. The summed E-state index contributed by atoms with van der Waals surface area (Å²) in [6.07, 6.45) is 0. The SMILES string of the molecule is CC(=O)Nc1ccc(C(=O)Nc2nc(-c3ccc(C#N)cc3)cs2)cc1. The smallest absolute Gasteiger partial charge is 0.257 e. The maximum atomic E-state index is 12.3. The van der Waals surface area contributed by atoms with Gasteiger partial charge >= 0.3 is 0 Å². The van der Waals surface area contributed by atoms with E-state index in [1.807, 2.05) is 17.5 Å². The largest absolute Gasteiger partial charge is 0.326 e. The van der Waals surface area contributed by atoms with Crippen molar-refractivity contribution in [1.29, 1.82) is 5.26 Å². The molecule has 3 aromatic rings. The monoisotopic (exact) mass is 362 g/mol. The molecule has 0 aliphatic rings. The van der Waals surface area contributed by atoms with E-state index in [2.05, 4.69) is 21.7 Å². The Morgan fingerprint density at radius 2 is 1.73 bits per heavy atom. The van der Waals surface area contributed by atoms with Crippen LogP contribution in [0.1, 0.15) is 22.8 Å². The van der Waals surface area contributed by atoms with E-state index in [1.165, 1.54) is 18.3 Å². The molecular formula is C19H14N4O2S. The number of anilines is 2. The lowest BCUT2D eigenvalue weighted by atomic mass is 10.1. The third-order valence-corrected chi connectivity index (χ3v) is 4.26. The van der Waals surface area contributed by atoms with Gasteiger partial charge in [0, 0.05) is 29.1 Å². The second-order valence-corrected chi connectivity index (χ2v) is 6.30. The van der Waals surface area contributed by atoms with Crippen molar-refractivity contribution in [2.75, 3.05) is 10.6 Å². The molecule has 0 unspecified atom stereocenters. The molecule has 0 saturated heterocycles. The van der Waals surface area contributed by atoms with Crippen molar-refractivity contribution in [1.82, 2.24) is 4.98 Å². The molecule has 0 aliphatic heterocycles. The second kappa shape index (κ2) is 7.59. The summed E-state index contributed by atoms with van der Waals surface area (Å²) in [6.45, 7) is 1.43. The van der Waals surface area contributed by atoms with Gasteiger partial charge in [-0.05, 0) is 36.4 Å². The average molecular weight is 362 g/mol. The Morgan fingerprint density at radius 1 is 1.04 bits per heavy atom. The maximum Gasteiger partial charge on any atom is 0.257 e. The molecule has 1 heterocycles. The van der Waals surface area contributed by atoms with Crippen LogP contribution in [0.2, 0.25) is 0 Å². The van der Waals surface area contributed by atoms with Crippen molar-refractivity contribution in [2.45, 2.75) is 6.92 Å². The predicted octanol–water partition coefficient (Wildman–Crippen LogP) is 3.89. The Labute approximate surface area is 154 Å². The van der Waals surface area contributed by atoms with Crippen LogP contribution in [0, 0.1) is 11.3 Å². The lowest BCUT2D eigenvalue weighted by molar-refractivity contribution is -0.114. The standard InChI is InChI=1S/C19H14N4O2S/c1-12(24)21-16-8-6-15(7-9-16)18(25)23-19-22-17(11-26-19)14-4-2-13(10-20)3-5-14/h2-9,11H,1H3,(H,21,24)(H,22,23,25). The van der Waals surface area contributed by atoms with Crippen molar-refractivity contribution >= 4 is 34.0 Å². The summed E-state index contributed by atoms with van der Waals surface area (Å²) in [7, 11) is 0. The lowest BCUT2D eigenvalue weighted by Crippen LogP contribution is -2.12. The molecule has 2 N–H and O–H groups in total. The summed E-state index contributed by atoms with van der Waals surface area (Å²) in [4.78, 5) is 27.7. The molecule has 0 fully saturated rings. The van der Waals surface area contributed by atoms with Crippen molar-refractivity contribution in [3.63, 3.8) is 0 Å². The number of hydrogen-bond donors (Lipinski definition) is 2. The van der Waals surface area contributed by atoms with E-state index < -0.39 is 0 Å². The first kappa shape index (κ1) is 17.3. The fourth-order valence-corrected chi connectivity index (χ4v) is 2.97. The Balaban J connectivity index is 1.69. The Bertz CT molecular complexity index is 986. The molecule has 0 saturated carbocycles. The van der Waals surface area contributed by atoms with E-state index in [4.69, 9.17) is 5.26 Å². The zero-order valence-corrected chi connectivity index (χ0v) is 14.6. The number of carbonyl (C=O) groups is 2. The number of benzene rings is 2. The van der Waals surface area contributed by atoms with E-state index in [9.17, 15) is 9.59 Å². The van der Waals surface area contributed by atoms with Crippen LogP contribution < -0.4 is 10.6 Å². The number of nitrogens with zero attached hydrogens (tertiary/aromatic N) is 2. The molecule has 3 rings (SSSR count). The molecule has 0 aliphatic carbocycles. The van der Waals surface area contributed by atoms with Crippen molar-refractivity contribution in [2.24, 2.45) is 0 Å². The van der Waals surface area contributed by atoms with Crippen LogP contribution in [-0.4, -0.2) is 16.8 Å². The number of carbonyl (C=O) groups excluding carboxylic acids is 2. The molecular weight excluding hydrogens is 348 g/mol. The highest BCUT2D eigenvalue weighted by Crippen LogP contribution is 2.25. The van der Waals surface area contributed by atoms with E-state index in [0.29, 0.717) is 21.9 Å². The minimum atomic E-state index is -0.278. The number of nitrogens with one attached hydrogen (secondary N) is 2. The van der Waals surface area contributed by atoms with E-state index in [0.717, 1.165) is 11.3 Å². The van der Waals surface area contributed by atoms with Crippen LogP contribution in [-0.2, 0) is 4.79 Å². The highest BCUT2D eigenvalue weighted by atomic mass is 32.1. The van der Waals surface area contributed by atoms with Gasteiger partial charge in [-0.25, -0.2) is 4.98 Å². The quantitative estimate of drug-likeness (QED) is 0.736. The third kappa shape index (κ3) is 4.12. The Morgan fingerprint density at radius 3 is 2.35 bits per heavy atom. The van der Waals surface area contributed by atoms with Gasteiger partial charge in [0.05, 0.1) is 17.3 Å². The van der Waals surface area contributed by atoms with Crippen LogP contribution >= 0.6 is 11.3 Å². The third-order valence-electron chi connectivity index (χ3n) is 3.50. The fourth-order valence-electron chi connectivity index (χ4n) is 2.26. The second-order valence-electron chi connectivity index (χ2n) is 5.44. The number of rotatable bonds is 4. The van der Waals surface area contributed by atoms with Gasteiger partial charge in [-0.2, -0.15) is 5.26 Å². The van der Waals surface area contributed by atoms with Crippen molar-refractivity contribution < 1.29 is 9.59 Å². The van der Waals surface area contributed by atoms with E-state index in [1.54, 1.807) is 36.4 Å². The molecule has 0 atom stereocenters. The van der Waals surface area contributed by atoms with Gasteiger partial charge in [0.2, 0.25) is 5.91 Å². The van der Waals surface area contributed by atoms with Gasteiger partial charge in [-0.3, -0.25) is 14.9 Å². The molecule has 26 heavy (non-hydrogen) atoms. The van der Waals surface area contributed by atoms with Gasteiger partial charge in [0.1, 0.15) is 0 Å². The summed E-state index contributed by atoms with van der Waals surface area (Å²) in [5.74, 6) is -0.444. The molecule has 0 spiro atoms. The normalized spacial score (nSPS) is 10.0. The number of nitriles is 1. The first-order valence-corrected chi connectivity index (χ1v) is 8.58. The van der Waals surface area contributed by atoms with Gasteiger partial charge in [0.15, 0.2) is 5.13 Å². The molecule has 2 amide bonds. The van der Waals surface area contributed by atoms with Gasteiger partial charge in [-0.1, -0.05) is 12.1 Å². The summed E-state index contributed by atoms with van der Waals surface area (Å²) in [5, 5.41) is 16.6. The minimum Gasteiger partial charge on any atom is -0.326 e. The Kier molecular flexibility index (Phi) is 5.06. The molecule has 0 radical (unpaired) electrons. The summed E-state index contributed by atoms with van der Waals surface area (Å²) in [5.41, 5.74) is 3.29. The lowest BCUT2D eigenvalue weighted by Gasteiger charge is -2.04. The summed E-state index contributed by atoms with van der Waals surface area (Å²) in [6, 6.07) is 15.8. The zero-order valence-electron chi connectivity index (χ0n) is 13.8. The molecule has 7 heteroatoms. The van der Waals surface area contributed by atoms with E-state index in [-0.39, 0.29) is 11.8 Å². The predicted molar refractivity (Wildman–Crippen MR) is 101 cm³/mol. The van der Waals surface area contributed by atoms with Crippen LogP contribution in [0.5, 0.6) is 0 Å².